The van der Waals surface area contributed by atoms with Crippen LogP contribution in [0.15, 0.2) is 29.2 Å². The zero-order valence-corrected chi connectivity index (χ0v) is 12.2. The second kappa shape index (κ2) is 7.21. The molecule has 0 heterocycles. The minimum absolute atomic E-state index is 0.0170. The molecule has 0 spiro atoms. The second-order valence-corrected chi connectivity index (χ2v) is 6.19. The normalized spacial score (nSPS) is 14.1. The van der Waals surface area contributed by atoms with Crippen molar-refractivity contribution in [2.75, 3.05) is 20.3 Å². The number of benzene rings is 1. The number of sulfonamides is 1. The quantitative estimate of drug-likeness (QED) is 0.792. The van der Waals surface area contributed by atoms with E-state index in [1.54, 1.807) is 0 Å². The van der Waals surface area contributed by atoms with Crippen LogP contribution in [0.4, 0.5) is 13.2 Å². The van der Waals surface area contributed by atoms with E-state index in [0.29, 0.717) is 12.5 Å². The Bertz CT molecular complexity index is 561. The Morgan fingerprint density at radius 2 is 2.05 bits per heavy atom. The number of halogens is 3. The molecular weight excluding hydrogens is 309 g/mol. The number of methoxy groups -OCH3 is 1. The van der Waals surface area contributed by atoms with Gasteiger partial charge in [0, 0.05) is 19.7 Å². The predicted molar refractivity (Wildman–Crippen MR) is 71.1 cm³/mol. The van der Waals surface area contributed by atoms with Gasteiger partial charge in [-0.3, -0.25) is 0 Å². The first-order chi connectivity index (χ1) is 9.66. The van der Waals surface area contributed by atoms with Crippen LogP contribution in [0.3, 0.4) is 0 Å². The fourth-order valence-corrected chi connectivity index (χ4v) is 2.69. The Labute approximate surface area is 121 Å². The first-order valence-corrected chi connectivity index (χ1v) is 7.56. The molecule has 1 unspecified atom stereocenters. The van der Waals surface area contributed by atoms with Gasteiger partial charge < -0.3 is 10.5 Å². The maximum absolute atomic E-state index is 12.6. The summed E-state index contributed by atoms with van der Waals surface area (Å²) in [4.78, 5) is -0.433. The topological polar surface area (TPSA) is 81.4 Å². The van der Waals surface area contributed by atoms with Crippen molar-refractivity contribution in [2.45, 2.75) is 23.5 Å². The van der Waals surface area contributed by atoms with Gasteiger partial charge in [-0.15, -0.1) is 0 Å². The molecule has 1 aromatic carbocycles. The highest BCUT2D eigenvalue weighted by atomic mass is 32.2. The van der Waals surface area contributed by atoms with Crippen molar-refractivity contribution in [2.24, 2.45) is 5.73 Å². The zero-order chi connectivity index (χ0) is 16.1. The molecule has 0 aliphatic heterocycles. The van der Waals surface area contributed by atoms with Crippen molar-refractivity contribution in [3.8, 4) is 0 Å². The summed E-state index contributed by atoms with van der Waals surface area (Å²) in [5, 5.41) is 0. The maximum Gasteiger partial charge on any atom is 0.416 e. The van der Waals surface area contributed by atoms with E-state index in [9.17, 15) is 21.6 Å². The Kier molecular flexibility index (Phi) is 6.14. The molecule has 120 valence electrons. The third kappa shape index (κ3) is 5.62. The van der Waals surface area contributed by atoms with Crippen molar-refractivity contribution in [1.29, 1.82) is 0 Å². The molecule has 3 N–H and O–H groups in total. The van der Waals surface area contributed by atoms with Crippen LogP contribution in [0.1, 0.15) is 12.0 Å². The Morgan fingerprint density at radius 3 is 2.62 bits per heavy atom. The van der Waals surface area contributed by atoms with Crippen LogP contribution in [0, 0.1) is 0 Å². The highest BCUT2D eigenvalue weighted by molar-refractivity contribution is 7.89. The molecule has 0 bridgehead atoms. The van der Waals surface area contributed by atoms with Gasteiger partial charge in [0.2, 0.25) is 10.0 Å². The van der Waals surface area contributed by atoms with Gasteiger partial charge >= 0.3 is 6.18 Å². The van der Waals surface area contributed by atoms with Crippen molar-refractivity contribution in [3.63, 3.8) is 0 Å². The standard InChI is InChI=1S/C12H17F3N2O3S/c1-20-8-10(16)5-6-17-21(18,19)11-4-2-3-9(7-11)12(13,14)15/h2-4,7,10,17H,5-6,8,16H2,1H3. The van der Waals surface area contributed by atoms with E-state index in [1.165, 1.54) is 7.11 Å². The van der Waals surface area contributed by atoms with Crippen molar-refractivity contribution in [1.82, 2.24) is 4.72 Å². The smallest absolute Gasteiger partial charge is 0.383 e. The predicted octanol–water partition coefficient (Wildman–Crippen LogP) is 1.35. The van der Waals surface area contributed by atoms with Crippen LogP contribution in [0.2, 0.25) is 0 Å². The molecule has 0 fully saturated rings. The maximum atomic E-state index is 12.6. The summed E-state index contributed by atoms with van der Waals surface area (Å²) in [5.74, 6) is 0. The minimum Gasteiger partial charge on any atom is -0.383 e. The number of ether oxygens (including phenoxy) is 1. The third-order valence-electron chi connectivity index (χ3n) is 2.66. The average molecular weight is 326 g/mol. The van der Waals surface area contributed by atoms with Gasteiger partial charge in [0.25, 0.3) is 0 Å². The van der Waals surface area contributed by atoms with Gasteiger partial charge in [0.1, 0.15) is 0 Å². The van der Waals surface area contributed by atoms with Crippen molar-refractivity contribution in [3.05, 3.63) is 29.8 Å². The lowest BCUT2D eigenvalue weighted by Gasteiger charge is -2.12. The van der Waals surface area contributed by atoms with E-state index in [4.69, 9.17) is 10.5 Å². The Balaban J connectivity index is 2.75. The Morgan fingerprint density at radius 1 is 1.38 bits per heavy atom. The summed E-state index contributed by atoms with van der Waals surface area (Å²) in [6.07, 6.45) is -4.28. The highest BCUT2D eigenvalue weighted by Crippen LogP contribution is 2.30. The molecule has 0 saturated carbocycles. The highest BCUT2D eigenvalue weighted by Gasteiger charge is 2.31. The van der Waals surface area contributed by atoms with Gasteiger partial charge in [-0.25, -0.2) is 13.1 Å². The summed E-state index contributed by atoms with van der Waals surface area (Å²) in [6, 6.07) is 3.21. The molecule has 5 nitrogen and oxygen atoms in total. The first kappa shape index (κ1) is 17.9. The number of rotatable bonds is 7. The van der Waals surface area contributed by atoms with E-state index in [0.717, 1.165) is 18.2 Å². The SMILES string of the molecule is COCC(N)CCNS(=O)(=O)c1cccc(C(F)(F)F)c1. The van der Waals surface area contributed by atoms with Gasteiger partial charge in [0.15, 0.2) is 0 Å². The summed E-state index contributed by atoms with van der Waals surface area (Å²) >= 11 is 0. The second-order valence-electron chi connectivity index (χ2n) is 4.43. The lowest BCUT2D eigenvalue weighted by Crippen LogP contribution is -2.33. The summed E-state index contributed by atoms with van der Waals surface area (Å²) < 4.78 is 68.5. The van der Waals surface area contributed by atoms with Gasteiger partial charge in [-0.2, -0.15) is 13.2 Å². The largest absolute Gasteiger partial charge is 0.416 e. The molecule has 1 rings (SSSR count). The monoisotopic (exact) mass is 326 g/mol. The molecular formula is C12H17F3N2O3S. The van der Waals surface area contributed by atoms with Crippen LogP contribution < -0.4 is 10.5 Å². The molecule has 0 aliphatic rings. The summed E-state index contributed by atoms with van der Waals surface area (Å²) in [6.45, 7) is 0.286. The van der Waals surface area contributed by atoms with Crippen molar-refractivity contribution < 1.29 is 26.3 Å². The molecule has 0 saturated heterocycles. The lowest BCUT2D eigenvalue weighted by atomic mass is 10.2. The fourth-order valence-electron chi connectivity index (χ4n) is 1.60. The molecule has 0 amide bonds. The first-order valence-electron chi connectivity index (χ1n) is 6.08. The molecule has 0 aliphatic carbocycles. The molecule has 9 heteroatoms. The van der Waals surface area contributed by atoms with E-state index in [1.807, 2.05) is 0 Å². The molecule has 0 aromatic heterocycles. The number of hydrogen-bond acceptors (Lipinski definition) is 4. The number of nitrogens with one attached hydrogen (secondary N) is 1. The van der Waals surface area contributed by atoms with Crippen LogP contribution in [0.5, 0.6) is 0 Å². The van der Waals surface area contributed by atoms with E-state index < -0.39 is 26.7 Å². The number of hydrogen-bond donors (Lipinski definition) is 2. The van der Waals surface area contributed by atoms with Crippen LogP contribution in [-0.4, -0.2) is 34.7 Å². The van der Waals surface area contributed by atoms with Gasteiger partial charge in [0.05, 0.1) is 17.1 Å². The van der Waals surface area contributed by atoms with Crippen LogP contribution in [-0.2, 0) is 20.9 Å². The summed E-state index contributed by atoms with van der Waals surface area (Å²) in [5.41, 5.74) is 4.61. The van der Waals surface area contributed by atoms with Gasteiger partial charge in [-0.05, 0) is 24.6 Å². The summed E-state index contributed by atoms with van der Waals surface area (Å²) in [7, 11) is -2.54. The number of nitrogens with two attached hydrogens (primary N) is 1. The van der Waals surface area contributed by atoms with Crippen LogP contribution in [0.25, 0.3) is 0 Å². The Hall–Kier alpha value is -1.16. The number of alkyl halides is 3. The van der Waals surface area contributed by atoms with Crippen LogP contribution >= 0.6 is 0 Å². The van der Waals surface area contributed by atoms with E-state index in [-0.39, 0.29) is 19.2 Å². The minimum atomic E-state index is -4.59. The fraction of sp³-hybridized carbons (Fsp3) is 0.500. The van der Waals surface area contributed by atoms with Gasteiger partial charge in [-0.1, -0.05) is 6.07 Å². The van der Waals surface area contributed by atoms with E-state index in [2.05, 4.69) is 4.72 Å². The molecule has 1 aromatic rings. The third-order valence-corrected chi connectivity index (χ3v) is 4.12. The molecule has 0 radical (unpaired) electrons. The van der Waals surface area contributed by atoms with Crippen molar-refractivity contribution >= 4 is 10.0 Å². The van der Waals surface area contributed by atoms with E-state index >= 15 is 0 Å². The zero-order valence-electron chi connectivity index (χ0n) is 11.4. The molecule has 21 heavy (non-hydrogen) atoms. The average Bonchev–Trinajstić information content (AvgIpc) is 2.38. The molecule has 1 atom stereocenters. The lowest BCUT2D eigenvalue weighted by molar-refractivity contribution is -0.137.